The number of benzene rings is 2. The second kappa shape index (κ2) is 8.78. The number of amides is 1. The summed E-state index contributed by atoms with van der Waals surface area (Å²) in [5, 5.41) is 3.43. The highest BCUT2D eigenvalue weighted by molar-refractivity contribution is 5.77. The highest BCUT2D eigenvalue weighted by Gasteiger charge is 2.39. The fraction of sp³-hybridized carbons (Fsp3) is 0.435. The molecule has 4 nitrogen and oxygen atoms in total. The van der Waals surface area contributed by atoms with Crippen molar-refractivity contribution in [2.24, 2.45) is 11.7 Å². The number of nitrogens with one attached hydrogen (secondary N) is 1. The minimum Gasteiger partial charge on any atom is -0.372 e. The van der Waals surface area contributed by atoms with Crippen molar-refractivity contribution in [2.45, 2.75) is 44.5 Å². The Morgan fingerprint density at radius 3 is 2.53 bits per heavy atom. The van der Waals surface area contributed by atoms with E-state index in [9.17, 15) is 18.0 Å². The molecule has 1 saturated heterocycles. The molecule has 1 amide bonds. The first-order chi connectivity index (χ1) is 14.1. The smallest absolute Gasteiger partial charge is 0.372 e. The van der Waals surface area contributed by atoms with Gasteiger partial charge in [-0.3, -0.25) is 4.79 Å². The van der Waals surface area contributed by atoms with Gasteiger partial charge in [0.05, 0.1) is 29.7 Å². The van der Waals surface area contributed by atoms with Gasteiger partial charge < -0.3 is 15.8 Å². The van der Waals surface area contributed by atoms with Crippen LogP contribution in [0.4, 0.5) is 13.2 Å². The molecular formula is C23H27F3N2O2. The van der Waals surface area contributed by atoms with E-state index in [4.69, 9.17) is 10.5 Å². The topological polar surface area (TPSA) is 64.3 Å². The number of halogens is 3. The van der Waals surface area contributed by atoms with E-state index in [0.717, 1.165) is 17.7 Å². The van der Waals surface area contributed by atoms with E-state index in [1.165, 1.54) is 0 Å². The molecule has 1 fully saturated rings. The quantitative estimate of drug-likeness (QED) is 0.725. The average Bonchev–Trinajstić information content (AvgIpc) is 2.72. The number of nitrogens with two attached hydrogens (primary N) is 1. The standard InChI is InChI=1S/C23H27F3N2O2/c1-15-10-18(12-20(11-15)23(24,25)26)16(2)30-14-22(19-6-4-3-5-7-19)9-8-17(13-28-22)21(27)29/h3-7,10-12,16-17,28H,8-9,13-14H2,1-2H3,(H2,27,29)/t16-,17-,22-/m1/s1. The summed E-state index contributed by atoms with van der Waals surface area (Å²) in [6.45, 7) is 4.09. The molecule has 30 heavy (non-hydrogen) atoms. The third-order valence-corrected chi connectivity index (χ3v) is 5.81. The number of carbonyl (C=O) groups excluding carboxylic acids is 1. The van der Waals surface area contributed by atoms with Gasteiger partial charge in [0.15, 0.2) is 0 Å². The molecule has 0 bridgehead atoms. The predicted molar refractivity (Wildman–Crippen MR) is 109 cm³/mol. The van der Waals surface area contributed by atoms with E-state index in [2.05, 4.69) is 5.32 Å². The van der Waals surface area contributed by atoms with E-state index < -0.39 is 23.4 Å². The van der Waals surface area contributed by atoms with Gasteiger partial charge in [0.2, 0.25) is 5.91 Å². The van der Waals surface area contributed by atoms with Crippen LogP contribution < -0.4 is 11.1 Å². The first-order valence-electron chi connectivity index (χ1n) is 10.0. The molecule has 162 valence electrons. The van der Waals surface area contributed by atoms with Crippen LogP contribution in [0.1, 0.15) is 48.1 Å². The number of carbonyl (C=O) groups is 1. The van der Waals surface area contributed by atoms with Gasteiger partial charge in [0.1, 0.15) is 0 Å². The van der Waals surface area contributed by atoms with Crippen LogP contribution in [0, 0.1) is 12.8 Å². The van der Waals surface area contributed by atoms with Gasteiger partial charge >= 0.3 is 6.18 Å². The normalized spacial score (nSPS) is 23.2. The van der Waals surface area contributed by atoms with Crippen molar-refractivity contribution in [3.05, 3.63) is 70.8 Å². The van der Waals surface area contributed by atoms with Crippen molar-refractivity contribution in [3.63, 3.8) is 0 Å². The van der Waals surface area contributed by atoms with Crippen LogP contribution in [0.2, 0.25) is 0 Å². The fourth-order valence-corrected chi connectivity index (χ4v) is 3.96. The van der Waals surface area contributed by atoms with Crippen LogP contribution in [-0.2, 0) is 21.2 Å². The van der Waals surface area contributed by atoms with E-state index >= 15 is 0 Å². The summed E-state index contributed by atoms with van der Waals surface area (Å²) in [6, 6.07) is 13.7. The van der Waals surface area contributed by atoms with Crippen LogP contribution in [-0.4, -0.2) is 19.1 Å². The predicted octanol–water partition coefficient (Wildman–Crippen LogP) is 4.47. The minimum absolute atomic E-state index is 0.245. The molecule has 3 N–H and O–H groups in total. The monoisotopic (exact) mass is 420 g/mol. The van der Waals surface area contributed by atoms with Crippen LogP contribution >= 0.6 is 0 Å². The third kappa shape index (κ3) is 5.02. The molecule has 0 radical (unpaired) electrons. The van der Waals surface area contributed by atoms with Crippen LogP contribution in [0.25, 0.3) is 0 Å². The lowest BCUT2D eigenvalue weighted by Gasteiger charge is -2.41. The maximum Gasteiger partial charge on any atom is 0.416 e. The summed E-state index contributed by atoms with van der Waals surface area (Å²) < 4.78 is 45.6. The maximum absolute atomic E-state index is 13.2. The van der Waals surface area contributed by atoms with Crippen molar-refractivity contribution in [2.75, 3.05) is 13.2 Å². The summed E-state index contributed by atoms with van der Waals surface area (Å²) in [6.07, 6.45) is -3.67. The second-order valence-electron chi connectivity index (χ2n) is 8.05. The summed E-state index contributed by atoms with van der Waals surface area (Å²) in [5.74, 6) is -0.580. The average molecular weight is 420 g/mol. The highest BCUT2D eigenvalue weighted by Crippen LogP contribution is 2.36. The number of aryl methyl sites for hydroxylation is 1. The van der Waals surface area contributed by atoms with Crippen LogP contribution in [0.3, 0.4) is 0 Å². The van der Waals surface area contributed by atoms with E-state index in [1.807, 2.05) is 30.3 Å². The Hall–Kier alpha value is -2.38. The van der Waals surface area contributed by atoms with Crippen molar-refractivity contribution in [3.8, 4) is 0 Å². The van der Waals surface area contributed by atoms with Gasteiger partial charge in [-0.15, -0.1) is 0 Å². The zero-order chi connectivity index (χ0) is 21.9. The molecule has 0 aliphatic carbocycles. The highest BCUT2D eigenvalue weighted by atomic mass is 19.4. The molecule has 0 spiro atoms. The molecular weight excluding hydrogens is 393 g/mol. The number of rotatable bonds is 6. The Bertz CT molecular complexity index is 876. The molecule has 2 aromatic rings. The summed E-state index contributed by atoms with van der Waals surface area (Å²) >= 11 is 0. The zero-order valence-corrected chi connectivity index (χ0v) is 17.1. The first-order valence-corrected chi connectivity index (χ1v) is 10.0. The molecule has 1 aliphatic heterocycles. The number of primary amides is 1. The van der Waals surface area contributed by atoms with E-state index in [-0.39, 0.29) is 18.4 Å². The number of piperidine rings is 1. The molecule has 2 aromatic carbocycles. The summed E-state index contributed by atoms with van der Waals surface area (Å²) in [7, 11) is 0. The molecule has 3 rings (SSSR count). The lowest BCUT2D eigenvalue weighted by molar-refractivity contribution is -0.137. The van der Waals surface area contributed by atoms with E-state index in [0.29, 0.717) is 30.5 Å². The van der Waals surface area contributed by atoms with Gasteiger partial charge in [-0.25, -0.2) is 0 Å². The van der Waals surface area contributed by atoms with Gasteiger partial charge in [-0.05, 0) is 49.9 Å². The molecule has 0 aromatic heterocycles. The SMILES string of the molecule is Cc1cc([C@@H](C)OC[C@@]2(c3ccccc3)CC[C@@H](C(N)=O)CN2)cc(C(F)(F)F)c1. The molecule has 1 heterocycles. The lowest BCUT2D eigenvalue weighted by atomic mass is 9.79. The fourth-order valence-electron chi connectivity index (χ4n) is 3.96. The molecule has 0 unspecified atom stereocenters. The Labute approximate surface area is 174 Å². The Morgan fingerprint density at radius 2 is 1.97 bits per heavy atom. The maximum atomic E-state index is 13.2. The lowest BCUT2D eigenvalue weighted by Crippen LogP contribution is -2.54. The van der Waals surface area contributed by atoms with E-state index in [1.54, 1.807) is 19.9 Å². The third-order valence-electron chi connectivity index (χ3n) is 5.81. The number of ether oxygens (including phenoxy) is 1. The van der Waals surface area contributed by atoms with Gasteiger partial charge in [0.25, 0.3) is 0 Å². The van der Waals surface area contributed by atoms with Crippen molar-refractivity contribution in [1.82, 2.24) is 5.32 Å². The molecule has 0 saturated carbocycles. The summed E-state index contributed by atoms with van der Waals surface area (Å²) in [5.41, 5.74) is 6.28. The second-order valence-corrected chi connectivity index (χ2v) is 8.05. The Morgan fingerprint density at radius 1 is 1.27 bits per heavy atom. The largest absolute Gasteiger partial charge is 0.416 e. The Kier molecular flexibility index (Phi) is 6.53. The minimum atomic E-state index is -4.40. The van der Waals surface area contributed by atoms with Crippen molar-refractivity contribution < 1.29 is 22.7 Å². The van der Waals surface area contributed by atoms with Gasteiger partial charge in [0, 0.05) is 6.54 Å². The van der Waals surface area contributed by atoms with Crippen LogP contribution in [0.15, 0.2) is 48.5 Å². The molecule has 3 atom stereocenters. The van der Waals surface area contributed by atoms with Gasteiger partial charge in [-0.1, -0.05) is 42.0 Å². The van der Waals surface area contributed by atoms with Crippen LogP contribution in [0.5, 0.6) is 0 Å². The van der Waals surface area contributed by atoms with Crippen molar-refractivity contribution >= 4 is 5.91 Å². The molecule has 1 aliphatic rings. The first kappa shape index (κ1) is 22.3. The Balaban J connectivity index is 1.80. The number of hydrogen-bond donors (Lipinski definition) is 2. The van der Waals surface area contributed by atoms with Crippen molar-refractivity contribution in [1.29, 1.82) is 0 Å². The number of hydrogen-bond acceptors (Lipinski definition) is 3. The summed E-state index contributed by atoms with van der Waals surface area (Å²) in [4.78, 5) is 11.6. The number of alkyl halides is 3. The zero-order valence-electron chi connectivity index (χ0n) is 17.1. The van der Waals surface area contributed by atoms with Gasteiger partial charge in [-0.2, -0.15) is 13.2 Å². The molecule has 7 heteroatoms.